The van der Waals surface area contributed by atoms with Crippen molar-refractivity contribution in [3.8, 4) is 109 Å². The number of allylic oxidation sites excluding steroid dienone is 20. The lowest BCUT2D eigenvalue weighted by Crippen LogP contribution is -2.22. The standard InChI is InChI=1S/C24F6N8.C24N10.C23HF6N7O2/c1-36-12(7-34)14-9(4-31)10(5-32)15-18(14)21(24(28,29)30)19-16(20(15)23(25,26)27)11(6-33)22(38-3)17(19)13(8-35)37-2;1-32-16(9-30)20-12(5-26)11(4-25)18-13(6-27)19-15(8-29)24(34-3)23(17(10-31)33-2)22(19)14(7-28)21(18)20;1-34-8-12-9(4-30)10(5-31)14-16(12)21(38-23(27,28)29)18-15(20(14)37-22(24,25)26)11(6-32)19(36-3)17(18)13(7-33)35-2/h;;8H/b14-12-,17-13-;20-16-,23-17-;12-8-,17-13-. The summed E-state index contributed by atoms with van der Waals surface area (Å²) >= 11 is 0. The summed E-state index contributed by atoms with van der Waals surface area (Å²) in [5, 5.41) is 154. The van der Waals surface area contributed by atoms with E-state index in [1.807, 2.05) is 12.1 Å². The predicted molar refractivity (Wildman–Crippen MR) is 334 cm³/mol. The fourth-order valence-electron chi connectivity index (χ4n) is 12.0. The molecule has 0 aromatic heterocycles. The summed E-state index contributed by atoms with van der Waals surface area (Å²) in [6, 6.07) is 23.8. The first-order chi connectivity index (χ1) is 52.2. The van der Waals surface area contributed by atoms with Crippen LogP contribution in [-0.4, -0.2) is 12.7 Å². The molecule has 0 radical (unpaired) electrons. The van der Waals surface area contributed by atoms with E-state index in [2.05, 4.69) is 53.1 Å². The van der Waals surface area contributed by atoms with Gasteiger partial charge in [-0.2, -0.15) is 84.2 Å². The second-order valence-corrected chi connectivity index (χ2v) is 20.1. The fraction of sp³-hybridized carbons (Fsp3) is 0.0563. The van der Waals surface area contributed by atoms with Gasteiger partial charge in [0.2, 0.25) is 17.1 Å². The Labute approximate surface area is 605 Å². The maximum atomic E-state index is 14.7. The van der Waals surface area contributed by atoms with Crippen molar-refractivity contribution >= 4 is 66.9 Å². The molecule has 110 heavy (non-hydrogen) atoms. The van der Waals surface area contributed by atoms with Gasteiger partial charge in [0.05, 0.1) is 198 Å². The molecule has 3 aromatic carbocycles. The minimum Gasteiger partial charge on any atom is -0.405 e. The van der Waals surface area contributed by atoms with E-state index in [4.69, 9.17) is 59.1 Å². The van der Waals surface area contributed by atoms with Crippen LogP contribution in [0.25, 0.3) is 110 Å². The van der Waals surface area contributed by atoms with Crippen molar-refractivity contribution in [3.63, 3.8) is 0 Å². The Balaban J connectivity index is 0.000000230. The molecule has 0 saturated carbocycles. The molecule has 6 aliphatic carbocycles. The van der Waals surface area contributed by atoms with E-state index in [1.165, 1.54) is 54.6 Å². The lowest BCUT2D eigenvalue weighted by Gasteiger charge is -2.25. The minimum atomic E-state index is -5.68. The van der Waals surface area contributed by atoms with Crippen molar-refractivity contribution in [2.45, 2.75) is 25.1 Å². The molecule has 39 heteroatoms. The number of hydrogen-bond acceptors (Lipinski definition) is 18. The SMILES string of the molecule is [C-]#[N+]/C=C1/C(C#N)=C(C#N)c2c(OC(F)(F)F)c3c(c(OC(F)(F)F)c21)/C(=C(\C#N)[N+]#[C-])C([N+]#[C-])=C3C#N.[C-]#[N+]C1=C(C#N)c2c(C#N)c3c(c(C#N)c2/C1=C(\C#N)[N+]#[C-])/C(=C(/C#N)[N+]#[C-])C(C#N)=C3C#N.[C-]#[N+]C1=C(C#N)c2c(c(C(F)(F)F)c3c(c2C(F)(F)F)C(C#N)=C(C#N)/C3=C(\C#N)[N+]#[C-])/C1=C(\C#N)[N+]#[C-]. The molecule has 0 bridgehead atoms. The van der Waals surface area contributed by atoms with Crippen molar-refractivity contribution < 1.29 is 62.2 Å². The molecule has 6 aliphatic rings. The highest BCUT2D eigenvalue weighted by Crippen LogP contribution is 2.64. The summed E-state index contributed by atoms with van der Waals surface area (Å²) in [7, 11) is 0. The maximum Gasteiger partial charge on any atom is 0.573 e. The molecule has 506 valence electrons. The monoisotopic (exact) mass is 1460 g/mol. The topological polar surface area (TPSA) is 438 Å². The quantitative estimate of drug-likeness (QED) is 0.131. The number of fused-ring (bicyclic) bond motifs is 6. The highest BCUT2D eigenvalue weighted by molar-refractivity contribution is 6.21. The zero-order chi connectivity index (χ0) is 82.5. The summed E-state index contributed by atoms with van der Waals surface area (Å²) in [6.45, 7) is 65.4. The van der Waals surface area contributed by atoms with Gasteiger partial charge in [-0.25, -0.2) is 69.9 Å². The molecule has 0 aliphatic heterocycles. The lowest BCUT2D eigenvalue weighted by atomic mass is 9.82. The summed E-state index contributed by atoms with van der Waals surface area (Å²) in [5.74, 6) is -2.92. The fourth-order valence-corrected chi connectivity index (χ4v) is 12.0. The van der Waals surface area contributed by atoms with Gasteiger partial charge in [0, 0.05) is 83.5 Å². The van der Waals surface area contributed by atoms with Gasteiger partial charge in [0.1, 0.15) is 41.8 Å². The number of nitrogens with zero attached hydrogens (tertiary/aromatic N) is 25. The number of nitriles is 16. The highest BCUT2D eigenvalue weighted by atomic mass is 19.4. The Kier molecular flexibility index (Phi) is 20.6. The van der Waals surface area contributed by atoms with Gasteiger partial charge in [-0.3, -0.25) is 0 Å². The summed E-state index contributed by atoms with van der Waals surface area (Å²) in [5.41, 5.74) is -36.1. The van der Waals surface area contributed by atoms with Crippen LogP contribution in [0.4, 0.5) is 52.7 Å². The number of alkyl halides is 12. The average molecular weight is 1460 g/mol. The maximum absolute atomic E-state index is 14.7. The predicted octanol–water partition coefficient (Wildman–Crippen LogP) is 15.6. The summed E-state index contributed by atoms with van der Waals surface area (Å²) in [4.78, 5) is 26.3. The van der Waals surface area contributed by atoms with Crippen LogP contribution < -0.4 is 9.47 Å². The first-order valence-corrected chi connectivity index (χ1v) is 27.3. The lowest BCUT2D eigenvalue weighted by molar-refractivity contribution is -0.277. The molecule has 27 nitrogen and oxygen atoms in total. The Morgan fingerprint density at radius 1 is 0.282 bits per heavy atom. The first kappa shape index (κ1) is 77.9. The van der Waals surface area contributed by atoms with E-state index in [0.29, 0.717) is 6.20 Å². The molecular formula is C71HF12N25O2. The zero-order valence-electron chi connectivity index (χ0n) is 52.1. The van der Waals surface area contributed by atoms with Gasteiger partial charge in [-0.1, -0.05) is 0 Å². The van der Waals surface area contributed by atoms with Crippen LogP contribution in [0.15, 0.2) is 68.5 Å². The molecule has 3 aromatic rings. The summed E-state index contributed by atoms with van der Waals surface area (Å²) in [6.07, 6.45) is -22.1. The van der Waals surface area contributed by atoms with E-state index in [0.717, 1.165) is 0 Å². The summed E-state index contributed by atoms with van der Waals surface area (Å²) < 4.78 is 178. The van der Waals surface area contributed by atoms with Crippen LogP contribution in [0, 0.1) is 240 Å². The molecule has 0 N–H and O–H groups in total. The normalized spacial score (nSPS) is 15.9. The zero-order valence-corrected chi connectivity index (χ0v) is 52.1. The van der Waals surface area contributed by atoms with Crippen LogP contribution in [0.3, 0.4) is 0 Å². The number of hydrogen-bond donors (Lipinski definition) is 0. The molecule has 0 spiro atoms. The molecule has 0 unspecified atom stereocenters. The number of halogens is 12. The van der Waals surface area contributed by atoms with Gasteiger partial charge < -0.3 is 9.47 Å². The molecule has 0 atom stereocenters. The molecule has 0 heterocycles. The average Bonchev–Trinajstić information content (AvgIpc) is 1.53. The van der Waals surface area contributed by atoms with Crippen LogP contribution >= 0.6 is 0 Å². The van der Waals surface area contributed by atoms with Gasteiger partial charge in [-0.05, 0) is 16.7 Å². The van der Waals surface area contributed by atoms with Gasteiger partial charge in [-0.15, -0.1) is 26.3 Å². The third-order valence-corrected chi connectivity index (χ3v) is 15.4. The van der Waals surface area contributed by atoms with Crippen LogP contribution in [0.1, 0.15) is 89.0 Å². The second-order valence-electron chi connectivity index (χ2n) is 20.1. The molecular weight excluding hydrogens is 1460 g/mol. The third-order valence-electron chi connectivity index (χ3n) is 15.4. The van der Waals surface area contributed by atoms with Crippen molar-refractivity contribution in [1.82, 2.24) is 0 Å². The van der Waals surface area contributed by atoms with Crippen molar-refractivity contribution in [2.24, 2.45) is 0 Å². The van der Waals surface area contributed by atoms with E-state index in [1.54, 1.807) is 30.3 Å². The van der Waals surface area contributed by atoms with Gasteiger partial charge in [0.15, 0.2) is 6.20 Å². The van der Waals surface area contributed by atoms with Crippen LogP contribution in [-0.2, 0) is 12.4 Å². The Bertz CT molecular complexity index is 6430. The highest BCUT2D eigenvalue weighted by Gasteiger charge is 2.55. The largest absolute Gasteiger partial charge is 0.573 e. The van der Waals surface area contributed by atoms with Crippen molar-refractivity contribution in [3.05, 3.63) is 260 Å². The molecule has 0 amide bonds. The smallest absolute Gasteiger partial charge is 0.405 e. The Morgan fingerprint density at radius 3 is 0.882 bits per heavy atom. The Morgan fingerprint density at radius 2 is 0.545 bits per heavy atom. The van der Waals surface area contributed by atoms with Crippen molar-refractivity contribution in [1.29, 1.82) is 84.2 Å². The van der Waals surface area contributed by atoms with Gasteiger partial charge >= 0.3 is 25.1 Å². The minimum absolute atomic E-state index is 0.231. The van der Waals surface area contributed by atoms with E-state index >= 15 is 0 Å². The third kappa shape index (κ3) is 11.6. The van der Waals surface area contributed by atoms with Crippen LogP contribution in [0.2, 0.25) is 0 Å². The van der Waals surface area contributed by atoms with Crippen LogP contribution in [0.5, 0.6) is 11.5 Å². The number of rotatable bonds is 2. The van der Waals surface area contributed by atoms with Gasteiger partial charge in [0.25, 0.3) is 28.5 Å². The first-order valence-electron chi connectivity index (χ1n) is 27.3. The van der Waals surface area contributed by atoms with E-state index in [9.17, 15) is 137 Å². The molecule has 9 rings (SSSR count). The number of benzene rings is 3. The molecule has 0 fully saturated rings. The van der Waals surface area contributed by atoms with E-state index in [-0.39, 0.29) is 55.7 Å². The van der Waals surface area contributed by atoms with E-state index < -0.39 is 199 Å². The molecule has 0 saturated heterocycles. The van der Waals surface area contributed by atoms with Crippen molar-refractivity contribution in [2.75, 3.05) is 0 Å². The number of ether oxygens (including phenoxy) is 2. The Hall–Kier alpha value is -19.4. The second kappa shape index (κ2) is 29.0.